The van der Waals surface area contributed by atoms with Gasteiger partial charge in [0, 0.05) is 0 Å². The van der Waals surface area contributed by atoms with Gasteiger partial charge in [0.05, 0.1) is 5.56 Å². The zero-order chi connectivity index (χ0) is 16.9. The zero-order valence-corrected chi connectivity index (χ0v) is 14.0. The van der Waals surface area contributed by atoms with Crippen LogP contribution in [0.4, 0.5) is 0 Å². The van der Waals surface area contributed by atoms with E-state index in [4.69, 9.17) is 4.74 Å². The Balaban J connectivity index is 1.78. The summed E-state index contributed by atoms with van der Waals surface area (Å²) in [6, 6.07) is 23.6. The maximum atomic E-state index is 12.4. The maximum absolute atomic E-state index is 12.4. The quantitative estimate of drug-likeness (QED) is 0.473. The van der Waals surface area contributed by atoms with Gasteiger partial charge in [0.2, 0.25) is 0 Å². The summed E-state index contributed by atoms with van der Waals surface area (Å²) in [5, 5.41) is 0. The summed E-state index contributed by atoms with van der Waals surface area (Å²) >= 11 is 0. The van der Waals surface area contributed by atoms with E-state index < -0.39 is 0 Å². The Morgan fingerprint density at radius 2 is 1.54 bits per heavy atom. The largest absolute Gasteiger partial charge is 0.423 e. The monoisotopic (exact) mass is 316 g/mol. The van der Waals surface area contributed by atoms with E-state index in [2.05, 4.69) is 13.0 Å². The van der Waals surface area contributed by atoms with Crippen LogP contribution in [0.15, 0.2) is 72.8 Å². The smallest absolute Gasteiger partial charge is 0.343 e. The molecule has 0 aromatic heterocycles. The first-order valence-corrected chi connectivity index (χ1v) is 8.14. The molecule has 0 aliphatic heterocycles. The number of hydrogen-bond donors (Lipinski definition) is 0. The van der Waals surface area contributed by atoms with Crippen molar-refractivity contribution in [3.05, 3.63) is 89.5 Å². The summed E-state index contributed by atoms with van der Waals surface area (Å²) in [6.07, 6.45) is 0.913. The van der Waals surface area contributed by atoms with Gasteiger partial charge in [-0.15, -0.1) is 0 Å². The standard InChI is InChI=1S/C22H20O2/c1-3-17-10-9-16(2)21(15-17)24-22(23)20-13-11-19(12-14-20)18-7-5-4-6-8-18/h4-15H,3H2,1-2H3. The fraction of sp³-hybridized carbons (Fsp3) is 0.136. The average molecular weight is 316 g/mol. The van der Waals surface area contributed by atoms with Crippen LogP contribution >= 0.6 is 0 Å². The fourth-order valence-corrected chi connectivity index (χ4v) is 2.56. The molecule has 0 amide bonds. The third kappa shape index (κ3) is 3.54. The topological polar surface area (TPSA) is 26.3 Å². The third-order valence-corrected chi connectivity index (χ3v) is 4.09. The number of benzene rings is 3. The van der Waals surface area contributed by atoms with Crippen molar-refractivity contribution < 1.29 is 9.53 Å². The Hall–Kier alpha value is -2.87. The molecule has 0 aliphatic rings. The van der Waals surface area contributed by atoms with Crippen LogP contribution in [0, 0.1) is 6.92 Å². The lowest BCUT2D eigenvalue weighted by Gasteiger charge is -2.09. The Labute approximate surface area is 142 Å². The minimum atomic E-state index is -0.328. The fourth-order valence-electron chi connectivity index (χ4n) is 2.56. The Kier molecular flexibility index (Phi) is 4.76. The van der Waals surface area contributed by atoms with Crippen molar-refractivity contribution in [2.45, 2.75) is 20.3 Å². The van der Waals surface area contributed by atoms with Gasteiger partial charge in [0.25, 0.3) is 0 Å². The van der Waals surface area contributed by atoms with E-state index in [1.54, 1.807) is 0 Å². The number of aryl methyl sites for hydroxylation is 2. The third-order valence-electron chi connectivity index (χ3n) is 4.09. The van der Waals surface area contributed by atoms with Crippen LogP contribution < -0.4 is 4.74 Å². The summed E-state index contributed by atoms with van der Waals surface area (Å²) < 4.78 is 5.58. The molecule has 0 spiro atoms. The highest BCUT2D eigenvalue weighted by Crippen LogP contribution is 2.23. The van der Waals surface area contributed by atoms with Crippen LogP contribution in [0.2, 0.25) is 0 Å². The van der Waals surface area contributed by atoms with Gasteiger partial charge in [-0.1, -0.05) is 61.5 Å². The molecular weight excluding hydrogens is 296 g/mol. The van der Waals surface area contributed by atoms with Crippen LogP contribution in [0.3, 0.4) is 0 Å². The minimum Gasteiger partial charge on any atom is -0.423 e. The first-order chi connectivity index (χ1) is 11.7. The number of hydrogen-bond acceptors (Lipinski definition) is 2. The summed E-state index contributed by atoms with van der Waals surface area (Å²) in [5.41, 5.74) is 4.88. The molecule has 0 bridgehead atoms. The summed E-state index contributed by atoms with van der Waals surface area (Å²) in [6.45, 7) is 4.03. The summed E-state index contributed by atoms with van der Waals surface area (Å²) in [5.74, 6) is 0.303. The molecule has 0 N–H and O–H groups in total. The Morgan fingerprint density at radius 3 is 2.21 bits per heavy atom. The van der Waals surface area contributed by atoms with Crippen LogP contribution in [0.25, 0.3) is 11.1 Å². The molecule has 2 heteroatoms. The van der Waals surface area contributed by atoms with Crippen LogP contribution in [-0.4, -0.2) is 5.97 Å². The van der Waals surface area contributed by atoms with E-state index in [0.29, 0.717) is 11.3 Å². The molecule has 0 fully saturated rings. The summed E-state index contributed by atoms with van der Waals surface area (Å²) in [7, 11) is 0. The van der Waals surface area contributed by atoms with Crippen molar-refractivity contribution in [3.63, 3.8) is 0 Å². The Morgan fingerprint density at radius 1 is 0.875 bits per heavy atom. The molecule has 24 heavy (non-hydrogen) atoms. The van der Waals surface area contributed by atoms with Crippen molar-refractivity contribution in [1.29, 1.82) is 0 Å². The lowest BCUT2D eigenvalue weighted by molar-refractivity contribution is 0.0733. The van der Waals surface area contributed by atoms with E-state index in [1.165, 1.54) is 0 Å². The molecule has 0 aliphatic carbocycles. The molecule has 3 aromatic carbocycles. The molecule has 0 heterocycles. The molecule has 3 aromatic rings. The van der Waals surface area contributed by atoms with Gasteiger partial charge in [-0.05, 0) is 53.8 Å². The second-order valence-corrected chi connectivity index (χ2v) is 5.79. The molecule has 0 saturated heterocycles. The second kappa shape index (κ2) is 7.14. The molecule has 3 rings (SSSR count). The number of esters is 1. The lowest BCUT2D eigenvalue weighted by atomic mass is 10.0. The zero-order valence-electron chi connectivity index (χ0n) is 14.0. The van der Waals surface area contributed by atoms with Gasteiger partial charge in [-0.3, -0.25) is 0 Å². The normalized spacial score (nSPS) is 10.4. The van der Waals surface area contributed by atoms with Gasteiger partial charge in [0.15, 0.2) is 0 Å². The van der Waals surface area contributed by atoms with Crippen LogP contribution in [-0.2, 0) is 6.42 Å². The highest BCUT2D eigenvalue weighted by Gasteiger charge is 2.11. The molecule has 0 atom stereocenters. The van der Waals surface area contributed by atoms with E-state index >= 15 is 0 Å². The second-order valence-electron chi connectivity index (χ2n) is 5.79. The Bertz CT molecular complexity index is 834. The highest BCUT2D eigenvalue weighted by molar-refractivity contribution is 5.91. The number of carbonyl (C=O) groups excluding carboxylic acids is 1. The lowest BCUT2D eigenvalue weighted by Crippen LogP contribution is -2.09. The van der Waals surface area contributed by atoms with Crippen LogP contribution in [0.1, 0.15) is 28.4 Å². The van der Waals surface area contributed by atoms with Crippen molar-refractivity contribution in [1.82, 2.24) is 0 Å². The maximum Gasteiger partial charge on any atom is 0.343 e. The van der Waals surface area contributed by atoms with E-state index in [1.807, 2.05) is 73.7 Å². The van der Waals surface area contributed by atoms with Gasteiger partial charge in [-0.25, -0.2) is 4.79 Å². The molecule has 2 nitrogen and oxygen atoms in total. The van der Waals surface area contributed by atoms with Gasteiger partial charge in [0.1, 0.15) is 5.75 Å². The first kappa shape index (κ1) is 16.0. The number of carbonyl (C=O) groups is 1. The van der Waals surface area contributed by atoms with Gasteiger partial charge < -0.3 is 4.74 Å². The number of ether oxygens (including phenoxy) is 1. The van der Waals surface area contributed by atoms with Crippen molar-refractivity contribution in [2.75, 3.05) is 0 Å². The predicted molar refractivity (Wildman–Crippen MR) is 97.4 cm³/mol. The first-order valence-electron chi connectivity index (χ1n) is 8.14. The minimum absolute atomic E-state index is 0.328. The van der Waals surface area contributed by atoms with E-state index in [9.17, 15) is 4.79 Å². The molecule has 0 saturated carbocycles. The van der Waals surface area contributed by atoms with E-state index in [-0.39, 0.29) is 5.97 Å². The van der Waals surface area contributed by atoms with Crippen molar-refractivity contribution in [2.24, 2.45) is 0 Å². The summed E-state index contributed by atoms with van der Waals surface area (Å²) in [4.78, 5) is 12.4. The number of rotatable bonds is 4. The molecule has 0 radical (unpaired) electrons. The molecule has 120 valence electrons. The molecular formula is C22H20O2. The van der Waals surface area contributed by atoms with Gasteiger partial charge in [-0.2, -0.15) is 0 Å². The van der Waals surface area contributed by atoms with Crippen LogP contribution in [0.5, 0.6) is 5.75 Å². The average Bonchev–Trinajstić information content (AvgIpc) is 2.64. The van der Waals surface area contributed by atoms with Crippen molar-refractivity contribution in [3.8, 4) is 16.9 Å². The molecule has 0 unspecified atom stereocenters. The SMILES string of the molecule is CCc1ccc(C)c(OC(=O)c2ccc(-c3ccccc3)cc2)c1. The van der Waals surface area contributed by atoms with Gasteiger partial charge >= 0.3 is 5.97 Å². The highest BCUT2D eigenvalue weighted by atomic mass is 16.5. The van der Waals surface area contributed by atoms with E-state index in [0.717, 1.165) is 28.7 Å². The van der Waals surface area contributed by atoms with Crippen molar-refractivity contribution >= 4 is 5.97 Å². The predicted octanol–water partition coefficient (Wildman–Crippen LogP) is 5.44.